The molecule has 31 heavy (non-hydrogen) atoms. The number of carbonyl (C=O) groups is 1. The van der Waals surface area contributed by atoms with E-state index in [1.807, 2.05) is 53.1 Å². The number of ether oxygens (including phenoxy) is 1. The molecular formula is C22H22N6O3. The molecule has 1 aromatic carbocycles. The van der Waals surface area contributed by atoms with Gasteiger partial charge in [-0.05, 0) is 36.8 Å². The number of pyridine rings is 1. The molecule has 0 aliphatic carbocycles. The summed E-state index contributed by atoms with van der Waals surface area (Å²) >= 11 is 0. The highest BCUT2D eigenvalue weighted by Gasteiger charge is 2.09. The van der Waals surface area contributed by atoms with Crippen LogP contribution in [0.1, 0.15) is 12.2 Å². The average molecular weight is 418 g/mol. The van der Waals surface area contributed by atoms with E-state index in [9.17, 15) is 9.59 Å². The first kappa shape index (κ1) is 20.3. The molecule has 0 aliphatic heterocycles. The van der Waals surface area contributed by atoms with Crippen LogP contribution in [0.2, 0.25) is 0 Å². The third-order valence-corrected chi connectivity index (χ3v) is 4.81. The summed E-state index contributed by atoms with van der Waals surface area (Å²) in [5.74, 6) is 1.26. The van der Waals surface area contributed by atoms with Crippen LogP contribution in [0, 0.1) is 0 Å². The van der Waals surface area contributed by atoms with Gasteiger partial charge in [-0.3, -0.25) is 14.0 Å². The second-order valence-corrected chi connectivity index (χ2v) is 6.94. The molecule has 0 aliphatic rings. The summed E-state index contributed by atoms with van der Waals surface area (Å²) in [6.07, 6.45) is 3.29. The third-order valence-electron chi connectivity index (χ3n) is 4.81. The summed E-state index contributed by atoms with van der Waals surface area (Å²) < 4.78 is 8.32. The van der Waals surface area contributed by atoms with E-state index in [0.717, 1.165) is 21.7 Å². The molecule has 0 atom stereocenters. The number of amides is 1. The van der Waals surface area contributed by atoms with Crippen molar-refractivity contribution in [3.8, 4) is 17.0 Å². The van der Waals surface area contributed by atoms with Crippen LogP contribution in [-0.4, -0.2) is 43.9 Å². The number of aromatic nitrogens is 5. The quantitative estimate of drug-likeness (QED) is 0.437. The van der Waals surface area contributed by atoms with Gasteiger partial charge in [-0.25, -0.2) is 4.68 Å². The predicted molar refractivity (Wildman–Crippen MR) is 115 cm³/mol. The van der Waals surface area contributed by atoms with Crippen LogP contribution in [0.25, 0.3) is 16.9 Å². The van der Waals surface area contributed by atoms with Crippen molar-refractivity contribution in [3.63, 3.8) is 0 Å². The Kier molecular flexibility index (Phi) is 6.02. The van der Waals surface area contributed by atoms with Gasteiger partial charge in [0.05, 0.1) is 12.8 Å². The fourth-order valence-electron chi connectivity index (χ4n) is 3.23. The molecule has 0 fully saturated rings. The van der Waals surface area contributed by atoms with E-state index in [1.165, 1.54) is 6.07 Å². The number of fused-ring (bicyclic) bond motifs is 1. The number of hydrogen-bond acceptors (Lipinski definition) is 6. The number of aryl methyl sites for hydroxylation is 1. The van der Waals surface area contributed by atoms with Gasteiger partial charge in [0.2, 0.25) is 5.91 Å². The molecule has 0 saturated carbocycles. The second-order valence-electron chi connectivity index (χ2n) is 6.94. The number of carbonyl (C=O) groups excluding carboxylic acids is 1. The van der Waals surface area contributed by atoms with Crippen molar-refractivity contribution in [2.75, 3.05) is 13.7 Å². The van der Waals surface area contributed by atoms with Crippen LogP contribution in [0.5, 0.6) is 5.75 Å². The Balaban J connectivity index is 1.34. The van der Waals surface area contributed by atoms with Crippen molar-refractivity contribution in [1.29, 1.82) is 0 Å². The number of nitrogens with zero attached hydrogens (tertiary/aromatic N) is 5. The van der Waals surface area contributed by atoms with Gasteiger partial charge in [0.25, 0.3) is 5.56 Å². The van der Waals surface area contributed by atoms with Crippen LogP contribution < -0.4 is 15.6 Å². The maximum Gasteiger partial charge on any atom is 0.267 e. The Morgan fingerprint density at radius 1 is 1.10 bits per heavy atom. The molecule has 3 heterocycles. The van der Waals surface area contributed by atoms with Crippen LogP contribution >= 0.6 is 0 Å². The minimum atomic E-state index is -0.336. The van der Waals surface area contributed by atoms with Gasteiger partial charge in [0.15, 0.2) is 5.65 Å². The predicted octanol–water partition coefficient (Wildman–Crippen LogP) is 1.71. The van der Waals surface area contributed by atoms with E-state index in [2.05, 4.69) is 20.6 Å². The second kappa shape index (κ2) is 9.21. The number of rotatable bonds is 8. The Labute approximate surface area is 178 Å². The number of nitrogens with one attached hydrogen (secondary N) is 1. The summed E-state index contributed by atoms with van der Waals surface area (Å²) in [4.78, 5) is 24.5. The van der Waals surface area contributed by atoms with E-state index in [0.29, 0.717) is 30.8 Å². The molecule has 1 N–H and O–H groups in total. The molecule has 0 radical (unpaired) electrons. The van der Waals surface area contributed by atoms with Crippen LogP contribution in [0.15, 0.2) is 65.6 Å². The standard InChI is InChI=1S/C22H22N6O3/c1-31-17-7-4-6-16(14-17)18-10-11-22(30)28(26-18)15-21(29)23-12-5-9-20-25-24-19-8-2-3-13-27(19)20/h2-4,6-8,10-11,13-14H,5,9,12,15H2,1H3,(H,23,29). The topological polar surface area (TPSA) is 103 Å². The summed E-state index contributed by atoms with van der Waals surface area (Å²) in [6, 6.07) is 16.1. The van der Waals surface area contributed by atoms with Crippen molar-refractivity contribution >= 4 is 11.6 Å². The summed E-state index contributed by atoms with van der Waals surface area (Å²) in [5, 5.41) is 15.4. The van der Waals surface area contributed by atoms with Gasteiger partial charge >= 0.3 is 0 Å². The molecule has 4 aromatic rings. The van der Waals surface area contributed by atoms with E-state index in [4.69, 9.17) is 4.74 Å². The first-order valence-electron chi connectivity index (χ1n) is 9.92. The minimum Gasteiger partial charge on any atom is -0.497 e. The molecule has 4 rings (SSSR count). The third kappa shape index (κ3) is 4.77. The Hall–Kier alpha value is -4.01. The normalized spacial score (nSPS) is 10.9. The zero-order valence-corrected chi connectivity index (χ0v) is 17.1. The van der Waals surface area contributed by atoms with Gasteiger partial charge in [-0.15, -0.1) is 10.2 Å². The summed E-state index contributed by atoms with van der Waals surface area (Å²) in [7, 11) is 1.59. The lowest BCUT2D eigenvalue weighted by Gasteiger charge is -2.09. The zero-order chi connectivity index (χ0) is 21.6. The highest BCUT2D eigenvalue weighted by molar-refractivity contribution is 5.75. The molecule has 9 nitrogen and oxygen atoms in total. The molecular weight excluding hydrogens is 396 g/mol. The van der Waals surface area contributed by atoms with Crippen molar-refractivity contribution in [1.82, 2.24) is 29.7 Å². The molecule has 1 amide bonds. The Bertz CT molecular complexity index is 1260. The molecule has 0 unspecified atom stereocenters. The summed E-state index contributed by atoms with van der Waals surface area (Å²) in [6.45, 7) is 0.315. The molecule has 0 saturated heterocycles. The number of benzene rings is 1. The SMILES string of the molecule is COc1cccc(-c2ccc(=O)n(CC(=O)NCCCc3nnc4ccccn34)n2)c1. The van der Waals surface area contributed by atoms with Gasteiger partial charge < -0.3 is 10.1 Å². The van der Waals surface area contributed by atoms with Crippen molar-refractivity contribution in [3.05, 3.63) is 77.0 Å². The molecule has 0 bridgehead atoms. The largest absolute Gasteiger partial charge is 0.497 e. The Morgan fingerprint density at radius 2 is 2.00 bits per heavy atom. The number of methoxy groups -OCH3 is 1. The first-order valence-corrected chi connectivity index (χ1v) is 9.92. The fourth-order valence-corrected chi connectivity index (χ4v) is 3.23. The minimum absolute atomic E-state index is 0.148. The molecule has 3 aromatic heterocycles. The van der Waals surface area contributed by atoms with Crippen molar-refractivity contribution in [2.45, 2.75) is 19.4 Å². The van der Waals surface area contributed by atoms with Crippen LogP contribution in [0.4, 0.5) is 0 Å². The fraction of sp³-hybridized carbons (Fsp3) is 0.227. The maximum atomic E-state index is 12.3. The smallest absolute Gasteiger partial charge is 0.267 e. The summed E-state index contributed by atoms with van der Waals surface area (Å²) in [5.41, 5.74) is 1.85. The van der Waals surface area contributed by atoms with Crippen molar-refractivity contribution in [2.24, 2.45) is 0 Å². The van der Waals surface area contributed by atoms with Crippen LogP contribution in [0.3, 0.4) is 0 Å². The highest BCUT2D eigenvalue weighted by atomic mass is 16.5. The molecule has 9 heteroatoms. The Morgan fingerprint density at radius 3 is 2.87 bits per heavy atom. The molecule has 158 valence electrons. The lowest BCUT2D eigenvalue weighted by atomic mass is 10.1. The number of hydrogen-bond donors (Lipinski definition) is 1. The average Bonchev–Trinajstić information content (AvgIpc) is 3.21. The monoisotopic (exact) mass is 418 g/mol. The van der Waals surface area contributed by atoms with Crippen LogP contribution in [-0.2, 0) is 17.8 Å². The van der Waals surface area contributed by atoms with E-state index < -0.39 is 0 Å². The highest BCUT2D eigenvalue weighted by Crippen LogP contribution is 2.21. The van der Waals surface area contributed by atoms with Gasteiger partial charge in [-0.2, -0.15) is 5.10 Å². The maximum absolute atomic E-state index is 12.3. The van der Waals surface area contributed by atoms with Gasteiger partial charge in [0, 0.05) is 30.8 Å². The molecule has 0 spiro atoms. The van der Waals surface area contributed by atoms with E-state index in [-0.39, 0.29) is 18.0 Å². The lowest BCUT2D eigenvalue weighted by molar-refractivity contribution is -0.121. The van der Waals surface area contributed by atoms with Gasteiger partial charge in [0.1, 0.15) is 18.1 Å². The van der Waals surface area contributed by atoms with E-state index in [1.54, 1.807) is 13.2 Å². The lowest BCUT2D eigenvalue weighted by Crippen LogP contribution is -2.34. The van der Waals surface area contributed by atoms with Crippen molar-refractivity contribution < 1.29 is 9.53 Å². The first-order chi connectivity index (χ1) is 15.1. The zero-order valence-electron chi connectivity index (χ0n) is 17.1. The van der Waals surface area contributed by atoms with Gasteiger partial charge in [-0.1, -0.05) is 18.2 Å². The van der Waals surface area contributed by atoms with E-state index >= 15 is 0 Å².